The maximum absolute atomic E-state index is 12.9. The number of benzene rings is 1. The van der Waals surface area contributed by atoms with Gasteiger partial charge in [-0.05, 0) is 43.5 Å². The monoisotopic (exact) mass is 399 g/mol. The molecule has 1 heterocycles. The third-order valence-electron chi connectivity index (χ3n) is 4.74. The Kier molecular flexibility index (Phi) is 8.41. The first-order chi connectivity index (χ1) is 13.3. The molecule has 0 aromatic heterocycles. The molecule has 0 unspecified atom stereocenters. The molecule has 1 aliphatic heterocycles. The van der Waals surface area contributed by atoms with E-state index in [-0.39, 0.29) is 0 Å². The van der Waals surface area contributed by atoms with Crippen molar-refractivity contribution in [3.63, 3.8) is 0 Å². The third-order valence-corrected chi connectivity index (χ3v) is 4.74. The van der Waals surface area contributed by atoms with Crippen molar-refractivity contribution < 1.29 is 13.2 Å². The average molecular weight is 400 g/mol. The molecule has 1 aliphatic rings. The molecule has 1 fully saturated rings. The Labute approximate surface area is 165 Å². The Bertz CT molecular complexity index is 623. The van der Waals surface area contributed by atoms with Crippen LogP contribution in [0.4, 0.5) is 18.9 Å². The number of alkyl halides is 3. The number of piperazine rings is 1. The topological polar surface area (TPSA) is 56.9 Å². The zero-order valence-corrected chi connectivity index (χ0v) is 16.8. The third kappa shape index (κ3) is 7.58. The van der Waals surface area contributed by atoms with Gasteiger partial charge in [0.25, 0.3) is 0 Å². The minimum atomic E-state index is -4.30. The molecule has 5 nitrogen and oxygen atoms in total. The minimum absolute atomic E-state index is 0.495. The van der Waals surface area contributed by atoms with E-state index in [1.165, 1.54) is 12.1 Å². The molecule has 2 rings (SSSR count). The van der Waals surface area contributed by atoms with Gasteiger partial charge in [-0.3, -0.25) is 9.89 Å². The van der Waals surface area contributed by atoms with Crippen molar-refractivity contribution >= 4 is 11.6 Å². The van der Waals surface area contributed by atoms with Gasteiger partial charge in [0, 0.05) is 45.0 Å². The van der Waals surface area contributed by atoms with Gasteiger partial charge in [0.1, 0.15) is 0 Å². The molecule has 0 bridgehead atoms. The van der Waals surface area contributed by atoms with Crippen LogP contribution in [0.5, 0.6) is 0 Å². The molecule has 8 heteroatoms. The van der Waals surface area contributed by atoms with Gasteiger partial charge in [0.2, 0.25) is 0 Å². The largest absolute Gasteiger partial charge is 0.416 e. The van der Waals surface area contributed by atoms with Gasteiger partial charge in [-0.25, -0.2) is 0 Å². The highest BCUT2D eigenvalue weighted by Crippen LogP contribution is 2.31. The molecular formula is C20H32F3N5. The van der Waals surface area contributed by atoms with Gasteiger partial charge >= 0.3 is 6.18 Å². The standard InChI is InChI=1S/C20H32F3N5/c1-16(2)15-26-19(24)25-8-3-4-9-27-10-12-28(13-11-27)18-7-5-6-17(14-18)20(21,22)23/h5-7,14,16H,3-4,8-13,15H2,1-2H3,(H3,24,25,26). The highest BCUT2D eigenvalue weighted by Gasteiger charge is 2.31. The quantitative estimate of drug-likeness (QED) is 0.401. The number of halogens is 3. The first-order valence-electron chi connectivity index (χ1n) is 9.94. The van der Waals surface area contributed by atoms with E-state index in [9.17, 15) is 13.2 Å². The molecular weight excluding hydrogens is 367 g/mol. The molecule has 1 aromatic rings. The molecule has 158 valence electrons. The van der Waals surface area contributed by atoms with Gasteiger partial charge in [0.15, 0.2) is 5.96 Å². The van der Waals surface area contributed by atoms with Crippen molar-refractivity contribution in [3.8, 4) is 0 Å². The minimum Gasteiger partial charge on any atom is -0.370 e. The number of nitrogens with one attached hydrogen (secondary N) is 1. The van der Waals surface area contributed by atoms with E-state index in [4.69, 9.17) is 5.73 Å². The fourth-order valence-electron chi connectivity index (χ4n) is 3.12. The Morgan fingerprint density at radius 3 is 2.54 bits per heavy atom. The summed E-state index contributed by atoms with van der Waals surface area (Å²) in [5.41, 5.74) is 5.87. The SMILES string of the molecule is CC(C)CN=C(N)NCCCCN1CCN(c2cccc(C(F)(F)F)c2)CC1. The van der Waals surface area contributed by atoms with Gasteiger partial charge < -0.3 is 16.0 Å². The van der Waals surface area contributed by atoms with E-state index >= 15 is 0 Å². The van der Waals surface area contributed by atoms with Crippen LogP contribution in [0.15, 0.2) is 29.3 Å². The molecule has 1 aromatic carbocycles. The van der Waals surface area contributed by atoms with Crippen LogP contribution in [0.25, 0.3) is 0 Å². The van der Waals surface area contributed by atoms with Gasteiger partial charge in [-0.1, -0.05) is 19.9 Å². The van der Waals surface area contributed by atoms with Gasteiger partial charge in [0.05, 0.1) is 5.56 Å². The molecule has 0 radical (unpaired) electrons. The molecule has 0 saturated carbocycles. The summed E-state index contributed by atoms with van der Waals surface area (Å²) in [6, 6.07) is 5.59. The van der Waals surface area contributed by atoms with E-state index in [1.807, 2.05) is 4.90 Å². The van der Waals surface area contributed by atoms with Crippen molar-refractivity contribution in [2.45, 2.75) is 32.9 Å². The van der Waals surface area contributed by atoms with E-state index in [2.05, 4.69) is 29.1 Å². The lowest BCUT2D eigenvalue weighted by molar-refractivity contribution is -0.137. The predicted molar refractivity (Wildman–Crippen MR) is 109 cm³/mol. The second kappa shape index (κ2) is 10.5. The average Bonchev–Trinajstić information content (AvgIpc) is 2.66. The highest BCUT2D eigenvalue weighted by molar-refractivity contribution is 5.77. The van der Waals surface area contributed by atoms with Gasteiger partial charge in [-0.15, -0.1) is 0 Å². The Hall–Kier alpha value is -1.96. The lowest BCUT2D eigenvalue weighted by Crippen LogP contribution is -2.46. The molecule has 0 aliphatic carbocycles. The molecule has 0 amide bonds. The Morgan fingerprint density at radius 1 is 1.18 bits per heavy atom. The van der Waals surface area contributed by atoms with Crippen molar-refractivity contribution in [3.05, 3.63) is 29.8 Å². The number of unbranched alkanes of at least 4 members (excludes halogenated alkanes) is 1. The van der Waals surface area contributed by atoms with Crippen LogP contribution in [-0.2, 0) is 6.18 Å². The summed E-state index contributed by atoms with van der Waals surface area (Å²) in [5.74, 6) is 0.998. The van der Waals surface area contributed by atoms with Crippen LogP contribution in [0.2, 0.25) is 0 Å². The second-order valence-electron chi connectivity index (χ2n) is 7.63. The normalized spacial score (nSPS) is 16.6. The van der Waals surface area contributed by atoms with E-state index in [1.54, 1.807) is 6.07 Å². The zero-order chi connectivity index (χ0) is 20.6. The van der Waals surface area contributed by atoms with Crippen molar-refractivity contribution in [1.29, 1.82) is 0 Å². The summed E-state index contributed by atoms with van der Waals surface area (Å²) in [5, 5.41) is 3.13. The molecule has 0 atom stereocenters. The Balaban J connectivity index is 1.66. The van der Waals surface area contributed by atoms with Crippen LogP contribution in [-0.4, -0.2) is 56.7 Å². The molecule has 0 spiro atoms. The second-order valence-corrected chi connectivity index (χ2v) is 7.63. The summed E-state index contributed by atoms with van der Waals surface area (Å²) in [7, 11) is 0. The van der Waals surface area contributed by atoms with Crippen LogP contribution in [0, 0.1) is 5.92 Å². The number of guanidine groups is 1. The van der Waals surface area contributed by atoms with Crippen LogP contribution >= 0.6 is 0 Å². The van der Waals surface area contributed by atoms with Crippen molar-refractivity contribution in [1.82, 2.24) is 10.2 Å². The summed E-state index contributed by atoms with van der Waals surface area (Å²) < 4.78 is 38.6. The number of hydrogen-bond acceptors (Lipinski definition) is 3. The first-order valence-corrected chi connectivity index (χ1v) is 9.94. The van der Waals surface area contributed by atoms with Crippen molar-refractivity contribution in [2.24, 2.45) is 16.6 Å². The smallest absolute Gasteiger partial charge is 0.370 e. The lowest BCUT2D eigenvalue weighted by Gasteiger charge is -2.36. The van der Waals surface area contributed by atoms with E-state index < -0.39 is 11.7 Å². The zero-order valence-electron chi connectivity index (χ0n) is 16.8. The number of rotatable bonds is 8. The number of nitrogens with zero attached hydrogens (tertiary/aromatic N) is 3. The number of nitrogens with two attached hydrogens (primary N) is 1. The maximum atomic E-state index is 12.9. The molecule has 1 saturated heterocycles. The Morgan fingerprint density at radius 2 is 1.89 bits per heavy atom. The highest BCUT2D eigenvalue weighted by atomic mass is 19.4. The summed E-state index contributed by atoms with van der Waals surface area (Å²) in [6.45, 7) is 9.94. The number of aliphatic imine (C=N–C) groups is 1. The van der Waals surface area contributed by atoms with Crippen molar-refractivity contribution in [2.75, 3.05) is 50.7 Å². The van der Waals surface area contributed by atoms with Crippen LogP contribution in [0.1, 0.15) is 32.3 Å². The fraction of sp³-hybridized carbons (Fsp3) is 0.650. The van der Waals surface area contributed by atoms with E-state index in [0.29, 0.717) is 17.6 Å². The van der Waals surface area contributed by atoms with Crippen LogP contribution in [0.3, 0.4) is 0 Å². The lowest BCUT2D eigenvalue weighted by atomic mass is 10.1. The van der Waals surface area contributed by atoms with Crippen LogP contribution < -0.4 is 16.0 Å². The number of anilines is 1. The van der Waals surface area contributed by atoms with E-state index in [0.717, 1.165) is 64.7 Å². The first kappa shape index (κ1) is 22.3. The predicted octanol–water partition coefficient (Wildman–Crippen LogP) is 3.17. The molecule has 28 heavy (non-hydrogen) atoms. The summed E-state index contributed by atoms with van der Waals surface area (Å²) in [4.78, 5) is 8.65. The fourth-order valence-corrected chi connectivity index (χ4v) is 3.12. The molecule has 3 N–H and O–H groups in total. The van der Waals surface area contributed by atoms with Gasteiger partial charge in [-0.2, -0.15) is 13.2 Å². The summed E-state index contributed by atoms with van der Waals surface area (Å²) in [6.07, 6.45) is -2.24. The number of hydrogen-bond donors (Lipinski definition) is 2. The maximum Gasteiger partial charge on any atom is 0.416 e. The summed E-state index contributed by atoms with van der Waals surface area (Å²) >= 11 is 0.